The smallest absolute Gasteiger partial charge is 0.335 e. The molecule has 0 fully saturated rings. The van der Waals surface area contributed by atoms with Crippen molar-refractivity contribution in [1.29, 1.82) is 0 Å². The number of carbonyl (C=O) groups is 1. The Balaban J connectivity index is 2.38. The molecule has 4 nitrogen and oxygen atoms in total. The van der Waals surface area contributed by atoms with E-state index in [0.717, 1.165) is 0 Å². The molecular formula is C12H7BrClFN2O2. The summed E-state index contributed by atoms with van der Waals surface area (Å²) >= 11 is 8.93. The van der Waals surface area contributed by atoms with E-state index in [0.29, 0.717) is 4.47 Å². The summed E-state index contributed by atoms with van der Waals surface area (Å²) in [4.78, 5) is 14.8. The second kappa shape index (κ2) is 5.54. The van der Waals surface area contributed by atoms with Crippen LogP contribution in [0, 0.1) is 5.82 Å². The highest BCUT2D eigenvalue weighted by atomic mass is 79.9. The van der Waals surface area contributed by atoms with Crippen LogP contribution in [-0.4, -0.2) is 16.1 Å². The quantitative estimate of drug-likeness (QED) is 0.823. The number of benzene rings is 1. The average molecular weight is 346 g/mol. The van der Waals surface area contributed by atoms with Gasteiger partial charge in [0.2, 0.25) is 0 Å². The van der Waals surface area contributed by atoms with Crippen LogP contribution in [0.25, 0.3) is 0 Å². The standard InChI is InChI=1S/C12H7BrClFN2O2/c13-7-1-2-8(15)9(5-7)16-11-4-6(12(18)19)3-10(14)17-11/h1-5H,(H,16,17)(H,18,19). The van der Waals surface area contributed by atoms with E-state index >= 15 is 0 Å². The third kappa shape index (κ3) is 3.42. The van der Waals surface area contributed by atoms with Gasteiger partial charge in [-0.25, -0.2) is 14.2 Å². The Kier molecular flexibility index (Phi) is 4.01. The minimum absolute atomic E-state index is 0.0119. The predicted octanol–water partition coefficient (Wildman–Crippen LogP) is 4.08. The van der Waals surface area contributed by atoms with Crippen molar-refractivity contribution >= 4 is 45.0 Å². The second-order valence-electron chi connectivity index (χ2n) is 3.62. The summed E-state index contributed by atoms with van der Waals surface area (Å²) < 4.78 is 14.2. The Morgan fingerprint density at radius 1 is 1.37 bits per heavy atom. The lowest BCUT2D eigenvalue weighted by Crippen LogP contribution is -2.01. The fourth-order valence-corrected chi connectivity index (χ4v) is 1.99. The summed E-state index contributed by atoms with van der Waals surface area (Å²) in [6.45, 7) is 0. The van der Waals surface area contributed by atoms with E-state index in [9.17, 15) is 9.18 Å². The normalized spacial score (nSPS) is 10.3. The summed E-state index contributed by atoms with van der Waals surface area (Å²) in [6.07, 6.45) is 0. The third-order valence-corrected chi connectivity index (χ3v) is 2.92. The number of halogens is 3. The zero-order valence-corrected chi connectivity index (χ0v) is 11.7. The van der Waals surface area contributed by atoms with Gasteiger partial charge in [-0.1, -0.05) is 27.5 Å². The van der Waals surface area contributed by atoms with Crippen molar-refractivity contribution in [2.45, 2.75) is 0 Å². The van der Waals surface area contributed by atoms with Crippen LogP contribution in [-0.2, 0) is 0 Å². The fourth-order valence-electron chi connectivity index (χ4n) is 1.42. The number of hydrogen-bond donors (Lipinski definition) is 2. The molecule has 0 saturated heterocycles. The molecular weight excluding hydrogens is 338 g/mol. The molecule has 0 atom stereocenters. The molecule has 0 aliphatic heterocycles. The Hall–Kier alpha value is -1.66. The maximum atomic E-state index is 13.6. The highest BCUT2D eigenvalue weighted by Gasteiger charge is 2.09. The van der Waals surface area contributed by atoms with Gasteiger partial charge in [-0.15, -0.1) is 0 Å². The monoisotopic (exact) mass is 344 g/mol. The van der Waals surface area contributed by atoms with E-state index in [-0.39, 0.29) is 22.2 Å². The molecule has 98 valence electrons. The molecule has 0 bridgehead atoms. The van der Waals surface area contributed by atoms with Crippen LogP contribution in [0.2, 0.25) is 5.15 Å². The summed E-state index contributed by atoms with van der Waals surface area (Å²) in [6, 6.07) is 6.82. The molecule has 2 N–H and O–H groups in total. The van der Waals surface area contributed by atoms with Gasteiger partial charge in [0.1, 0.15) is 16.8 Å². The van der Waals surface area contributed by atoms with E-state index in [2.05, 4.69) is 26.2 Å². The molecule has 1 aromatic carbocycles. The van der Waals surface area contributed by atoms with E-state index < -0.39 is 11.8 Å². The van der Waals surface area contributed by atoms with Gasteiger partial charge in [0.25, 0.3) is 0 Å². The van der Waals surface area contributed by atoms with Gasteiger partial charge in [0, 0.05) is 4.47 Å². The number of pyridine rings is 1. The molecule has 0 unspecified atom stereocenters. The van der Waals surface area contributed by atoms with Crippen molar-refractivity contribution in [2.75, 3.05) is 5.32 Å². The zero-order chi connectivity index (χ0) is 14.0. The largest absolute Gasteiger partial charge is 0.478 e. The number of nitrogens with zero attached hydrogens (tertiary/aromatic N) is 1. The Morgan fingerprint density at radius 2 is 2.11 bits per heavy atom. The van der Waals surface area contributed by atoms with Gasteiger partial charge in [0.05, 0.1) is 11.3 Å². The van der Waals surface area contributed by atoms with Crippen LogP contribution in [0.15, 0.2) is 34.8 Å². The predicted molar refractivity (Wildman–Crippen MR) is 73.6 cm³/mol. The molecule has 0 amide bonds. The SMILES string of the molecule is O=C(O)c1cc(Cl)nc(Nc2cc(Br)ccc2F)c1. The Labute approximate surface area is 121 Å². The number of aromatic carboxylic acids is 1. The number of hydrogen-bond acceptors (Lipinski definition) is 3. The summed E-state index contributed by atoms with van der Waals surface area (Å²) in [5.74, 6) is -1.47. The molecule has 0 radical (unpaired) electrons. The number of nitrogens with one attached hydrogen (secondary N) is 1. The summed E-state index contributed by atoms with van der Waals surface area (Å²) in [7, 11) is 0. The van der Waals surface area contributed by atoms with Crippen LogP contribution in [0.1, 0.15) is 10.4 Å². The number of aromatic nitrogens is 1. The summed E-state index contributed by atoms with van der Waals surface area (Å²) in [5, 5.41) is 11.6. The molecule has 2 rings (SSSR count). The van der Waals surface area contributed by atoms with Crippen molar-refractivity contribution in [1.82, 2.24) is 4.98 Å². The minimum atomic E-state index is -1.14. The van der Waals surface area contributed by atoms with Gasteiger partial charge in [-0.2, -0.15) is 0 Å². The topological polar surface area (TPSA) is 62.2 Å². The fraction of sp³-hybridized carbons (Fsp3) is 0. The lowest BCUT2D eigenvalue weighted by Gasteiger charge is -2.08. The Bertz CT molecular complexity index is 652. The first-order valence-corrected chi connectivity index (χ1v) is 6.26. The second-order valence-corrected chi connectivity index (χ2v) is 4.92. The van der Waals surface area contributed by atoms with E-state index in [1.54, 1.807) is 6.07 Å². The number of carboxylic acids is 1. The first kappa shape index (κ1) is 13.8. The molecule has 0 saturated carbocycles. The van der Waals surface area contributed by atoms with Gasteiger partial charge in [-0.3, -0.25) is 0 Å². The van der Waals surface area contributed by atoms with Gasteiger partial charge in [-0.05, 0) is 30.3 Å². The van der Waals surface area contributed by atoms with Crippen molar-refractivity contribution in [3.8, 4) is 0 Å². The first-order chi connectivity index (χ1) is 8.95. The van der Waals surface area contributed by atoms with Gasteiger partial charge < -0.3 is 10.4 Å². The molecule has 1 heterocycles. The van der Waals surface area contributed by atoms with Crippen LogP contribution in [0.4, 0.5) is 15.9 Å². The van der Waals surface area contributed by atoms with Crippen molar-refractivity contribution in [3.05, 3.63) is 51.3 Å². The molecule has 2 aromatic rings. The highest BCUT2D eigenvalue weighted by molar-refractivity contribution is 9.10. The molecule has 1 aromatic heterocycles. The van der Waals surface area contributed by atoms with Crippen LogP contribution >= 0.6 is 27.5 Å². The van der Waals surface area contributed by atoms with Crippen LogP contribution in [0.5, 0.6) is 0 Å². The number of rotatable bonds is 3. The van der Waals surface area contributed by atoms with Gasteiger partial charge >= 0.3 is 5.97 Å². The first-order valence-electron chi connectivity index (χ1n) is 5.08. The Morgan fingerprint density at radius 3 is 2.79 bits per heavy atom. The van der Waals surface area contributed by atoms with Crippen molar-refractivity contribution < 1.29 is 14.3 Å². The number of anilines is 2. The van der Waals surface area contributed by atoms with Crippen molar-refractivity contribution in [2.24, 2.45) is 0 Å². The van der Waals surface area contributed by atoms with Crippen molar-refractivity contribution in [3.63, 3.8) is 0 Å². The molecule has 0 aliphatic carbocycles. The lowest BCUT2D eigenvalue weighted by atomic mass is 10.2. The van der Waals surface area contributed by atoms with E-state index in [1.807, 2.05) is 0 Å². The maximum absolute atomic E-state index is 13.6. The average Bonchev–Trinajstić information content (AvgIpc) is 2.33. The molecule has 0 aliphatic rings. The van der Waals surface area contributed by atoms with Crippen LogP contribution < -0.4 is 5.32 Å². The van der Waals surface area contributed by atoms with Crippen LogP contribution in [0.3, 0.4) is 0 Å². The van der Waals surface area contributed by atoms with E-state index in [1.165, 1.54) is 24.3 Å². The molecule has 19 heavy (non-hydrogen) atoms. The zero-order valence-electron chi connectivity index (χ0n) is 9.32. The number of carboxylic acid groups (broad SMARTS) is 1. The molecule has 0 spiro atoms. The van der Waals surface area contributed by atoms with Gasteiger partial charge in [0.15, 0.2) is 0 Å². The minimum Gasteiger partial charge on any atom is -0.478 e. The molecule has 7 heteroatoms. The maximum Gasteiger partial charge on any atom is 0.335 e. The third-order valence-electron chi connectivity index (χ3n) is 2.23. The van der Waals surface area contributed by atoms with E-state index in [4.69, 9.17) is 16.7 Å². The highest BCUT2D eigenvalue weighted by Crippen LogP contribution is 2.24. The summed E-state index contributed by atoms with van der Waals surface area (Å²) in [5.41, 5.74) is 0.137. The lowest BCUT2D eigenvalue weighted by molar-refractivity contribution is 0.0697.